The molecule has 2 aromatic rings. The molecule has 5 nitrogen and oxygen atoms in total. The van der Waals surface area contributed by atoms with Crippen LogP contribution in [0.25, 0.3) is 11.4 Å². The third-order valence-electron chi connectivity index (χ3n) is 2.88. The summed E-state index contributed by atoms with van der Waals surface area (Å²) in [5, 5.41) is 6.70. The third kappa shape index (κ3) is 4.60. The number of hydrogen-bond acceptors (Lipinski definition) is 5. The number of rotatable bonds is 7. The molecule has 0 aliphatic heterocycles. The van der Waals surface area contributed by atoms with Gasteiger partial charge in [-0.05, 0) is 13.3 Å². The molecule has 1 heterocycles. The number of nitrogens with one attached hydrogen (secondary N) is 1. The van der Waals surface area contributed by atoms with Gasteiger partial charge in [-0.1, -0.05) is 42.4 Å². The van der Waals surface area contributed by atoms with Gasteiger partial charge in [0, 0.05) is 12.1 Å². The predicted molar refractivity (Wildman–Crippen MR) is 83.8 cm³/mol. The Balaban J connectivity index is 1.87. The zero-order valence-electron chi connectivity index (χ0n) is 12.2. The summed E-state index contributed by atoms with van der Waals surface area (Å²) in [6.45, 7) is 4.62. The highest BCUT2D eigenvalue weighted by atomic mass is 32.2. The van der Waals surface area contributed by atoms with Crippen LogP contribution in [0.3, 0.4) is 0 Å². The maximum absolute atomic E-state index is 11.8. The lowest BCUT2D eigenvalue weighted by Crippen LogP contribution is -2.31. The molecule has 112 valence electrons. The summed E-state index contributed by atoms with van der Waals surface area (Å²) >= 11 is 1.49. The highest BCUT2D eigenvalue weighted by Crippen LogP contribution is 2.20. The van der Waals surface area contributed by atoms with Crippen molar-refractivity contribution in [2.75, 3.05) is 6.54 Å². The molecule has 0 spiro atoms. The van der Waals surface area contributed by atoms with Crippen LogP contribution in [0.4, 0.5) is 0 Å². The summed E-state index contributed by atoms with van der Waals surface area (Å²) in [5.41, 5.74) is 0.922. The van der Waals surface area contributed by atoms with E-state index in [2.05, 4.69) is 15.5 Å². The fourth-order valence-electron chi connectivity index (χ4n) is 1.68. The lowest BCUT2D eigenvalue weighted by atomic mass is 10.2. The fourth-order valence-corrected chi connectivity index (χ4v) is 2.43. The minimum Gasteiger partial charge on any atom is -0.355 e. The van der Waals surface area contributed by atoms with Crippen molar-refractivity contribution >= 4 is 17.7 Å². The number of benzene rings is 1. The van der Waals surface area contributed by atoms with E-state index in [1.165, 1.54) is 11.8 Å². The van der Waals surface area contributed by atoms with Crippen LogP contribution in [-0.4, -0.2) is 27.8 Å². The van der Waals surface area contributed by atoms with Crippen LogP contribution in [0.5, 0.6) is 0 Å². The maximum atomic E-state index is 11.8. The Morgan fingerprint density at radius 1 is 1.38 bits per heavy atom. The van der Waals surface area contributed by atoms with Crippen LogP contribution >= 0.6 is 11.8 Å². The Morgan fingerprint density at radius 3 is 2.86 bits per heavy atom. The first kappa shape index (κ1) is 15.6. The summed E-state index contributed by atoms with van der Waals surface area (Å²) < 4.78 is 5.22. The Bertz CT molecular complexity index is 571. The van der Waals surface area contributed by atoms with Gasteiger partial charge in [0.05, 0.1) is 11.0 Å². The predicted octanol–water partition coefficient (Wildman–Crippen LogP) is 2.88. The molecule has 1 N–H and O–H groups in total. The van der Waals surface area contributed by atoms with Gasteiger partial charge in [0.2, 0.25) is 17.6 Å². The van der Waals surface area contributed by atoms with Crippen LogP contribution in [0.1, 0.15) is 26.2 Å². The number of amides is 1. The van der Waals surface area contributed by atoms with E-state index >= 15 is 0 Å². The molecule has 1 amide bonds. The van der Waals surface area contributed by atoms with Gasteiger partial charge in [0.1, 0.15) is 0 Å². The van der Waals surface area contributed by atoms with E-state index in [4.69, 9.17) is 4.52 Å². The Kier molecular flexibility index (Phi) is 5.80. The molecule has 0 saturated carbocycles. The normalized spacial score (nSPS) is 12.1. The van der Waals surface area contributed by atoms with E-state index < -0.39 is 0 Å². The fraction of sp³-hybridized carbons (Fsp3) is 0.400. The van der Waals surface area contributed by atoms with E-state index in [-0.39, 0.29) is 11.2 Å². The quantitative estimate of drug-likeness (QED) is 0.852. The van der Waals surface area contributed by atoms with E-state index in [0.717, 1.165) is 12.0 Å². The molecule has 21 heavy (non-hydrogen) atoms. The van der Waals surface area contributed by atoms with Gasteiger partial charge < -0.3 is 9.84 Å². The molecule has 0 bridgehead atoms. The lowest BCUT2D eigenvalue weighted by molar-refractivity contribution is -0.120. The number of nitrogens with zero attached hydrogens (tertiary/aromatic N) is 2. The SMILES string of the molecule is CCCNC(=O)[C@@H](C)SCc1nc(-c2ccccc2)no1. The van der Waals surface area contributed by atoms with Crippen LogP contribution in [-0.2, 0) is 10.5 Å². The molecule has 0 unspecified atom stereocenters. The minimum absolute atomic E-state index is 0.0460. The first-order valence-electron chi connectivity index (χ1n) is 6.98. The van der Waals surface area contributed by atoms with Gasteiger partial charge >= 0.3 is 0 Å². The highest BCUT2D eigenvalue weighted by molar-refractivity contribution is 7.99. The third-order valence-corrected chi connectivity index (χ3v) is 4.00. The topological polar surface area (TPSA) is 68.0 Å². The summed E-state index contributed by atoms with van der Waals surface area (Å²) in [6.07, 6.45) is 0.938. The van der Waals surface area contributed by atoms with Crippen molar-refractivity contribution < 1.29 is 9.32 Å². The van der Waals surface area contributed by atoms with Crippen LogP contribution in [0.15, 0.2) is 34.9 Å². The molecule has 0 fully saturated rings. The summed E-state index contributed by atoms with van der Waals surface area (Å²) in [6, 6.07) is 9.67. The monoisotopic (exact) mass is 305 g/mol. The second kappa shape index (κ2) is 7.83. The number of carbonyl (C=O) groups is 1. The first-order chi connectivity index (χ1) is 10.2. The minimum atomic E-state index is -0.136. The second-order valence-corrected chi connectivity index (χ2v) is 5.95. The van der Waals surface area contributed by atoms with E-state index in [0.29, 0.717) is 24.0 Å². The van der Waals surface area contributed by atoms with Gasteiger partial charge in [-0.2, -0.15) is 4.98 Å². The van der Waals surface area contributed by atoms with Crippen molar-refractivity contribution in [1.82, 2.24) is 15.5 Å². The Labute approximate surface area is 128 Å². The Hall–Kier alpha value is -1.82. The zero-order valence-corrected chi connectivity index (χ0v) is 13.0. The molecule has 6 heteroatoms. The van der Waals surface area contributed by atoms with Crippen molar-refractivity contribution in [2.45, 2.75) is 31.3 Å². The first-order valence-corrected chi connectivity index (χ1v) is 8.03. The largest absolute Gasteiger partial charge is 0.355 e. The van der Waals surface area contributed by atoms with E-state index in [1.807, 2.05) is 44.2 Å². The lowest BCUT2D eigenvalue weighted by Gasteiger charge is -2.09. The van der Waals surface area contributed by atoms with Crippen LogP contribution in [0, 0.1) is 0 Å². The average Bonchev–Trinajstić information content (AvgIpc) is 3.00. The highest BCUT2D eigenvalue weighted by Gasteiger charge is 2.15. The van der Waals surface area contributed by atoms with E-state index in [9.17, 15) is 4.79 Å². The summed E-state index contributed by atoms with van der Waals surface area (Å²) in [4.78, 5) is 16.1. The van der Waals surface area contributed by atoms with Crippen molar-refractivity contribution in [3.63, 3.8) is 0 Å². The zero-order chi connectivity index (χ0) is 15.1. The average molecular weight is 305 g/mol. The molecule has 0 aliphatic rings. The number of hydrogen-bond donors (Lipinski definition) is 1. The van der Waals surface area contributed by atoms with Crippen LogP contribution < -0.4 is 5.32 Å². The molecular formula is C15H19N3O2S. The number of aromatic nitrogens is 2. The molecular weight excluding hydrogens is 286 g/mol. The molecule has 2 rings (SSSR count). The van der Waals surface area contributed by atoms with Crippen molar-refractivity contribution in [3.05, 3.63) is 36.2 Å². The van der Waals surface area contributed by atoms with Crippen molar-refractivity contribution in [1.29, 1.82) is 0 Å². The van der Waals surface area contributed by atoms with Gasteiger partial charge in [-0.25, -0.2) is 0 Å². The molecule has 0 saturated heterocycles. The smallest absolute Gasteiger partial charge is 0.236 e. The molecule has 1 atom stereocenters. The second-order valence-electron chi connectivity index (χ2n) is 4.62. The van der Waals surface area contributed by atoms with E-state index in [1.54, 1.807) is 0 Å². The summed E-state index contributed by atoms with van der Waals surface area (Å²) in [7, 11) is 0. The van der Waals surface area contributed by atoms with Gasteiger partial charge in [0.15, 0.2) is 0 Å². The molecule has 1 aromatic heterocycles. The summed E-state index contributed by atoms with van der Waals surface area (Å²) in [5.74, 6) is 1.69. The molecule has 0 aliphatic carbocycles. The van der Waals surface area contributed by atoms with Crippen molar-refractivity contribution in [2.24, 2.45) is 0 Å². The van der Waals surface area contributed by atoms with Crippen molar-refractivity contribution in [3.8, 4) is 11.4 Å². The standard InChI is InChI=1S/C15H19N3O2S/c1-3-9-16-15(19)11(2)21-10-13-17-14(18-20-13)12-7-5-4-6-8-12/h4-8,11H,3,9-10H2,1-2H3,(H,16,19)/t11-/m1/s1. The number of thioether (sulfide) groups is 1. The van der Waals surface area contributed by atoms with Gasteiger partial charge in [-0.15, -0.1) is 11.8 Å². The van der Waals surface area contributed by atoms with Gasteiger partial charge in [-0.3, -0.25) is 4.79 Å². The van der Waals surface area contributed by atoms with Gasteiger partial charge in [0.25, 0.3) is 0 Å². The number of carbonyl (C=O) groups excluding carboxylic acids is 1. The Morgan fingerprint density at radius 2 is 2.14 bits per heavy atom. The maximum Gasteiger partial charge on any atom is 0.236 e. The molecule has 0 radical (unpaired) electrons. The van der Waals surface area contributed by atoms with Crippen LogP contribution in [0.2, 0.25) is 0 Å². The molecule has 1 aromatic carbocycles.